The van der Waals surface area contributed by atoms with Crippen molar-refractivity contribution in [1.82, 2.24) is 5.32 Å². The molecule has 0 aliphatic heterocycles. The highest BCUT2D eigenvalue weighted by atomic mass is 127. The van der Waals surface area contributed by atoms with Crippen LogP contribution in [0, 0.1) is 9.49 Å². The molecule has 1 aromatic carbocycles. The summed E-state index contributed by atoms with van der Waals surface area (Å²) in [5.74, 6) is 0.979. The van der Waals surface area contributed by atoms with Crippen LogP contribution in [0.1, 0.15) is 44.2 Å². The third-order valence-corrected chi connectivity index (χ3v) is 3.83. The lowest BCUT2D eigenvalue weighted by atomic mass is 10.0. The standard InChI is InChI=1S/C14H20IN/c1-2-8-16-14(9-11-6-7-11)12-4-3-5-13(15)10-12/h3-5,10-11,14,16H,2,6-9H2,1H3. The average Bonchev–Trinajstić information content (AvgIpc) is 3.08. The number of benzene rings is 1. The second-order valence-corrected chi connectivity index (χ2v) is 5.99. The third-order valence-electron chi connectivity index (χ3n) is 3.16. The van der Waals surface area contributed by atoms with E-state index < -0.39 is 0 Å². The Bertz CT molecular complexity index is 333. The number of hydrogen-bond acceptors (Lipinski definition) is 1. The molecule has 2 heteroatoms. The topological polar surface area (TPSA) is 12.0 Å². The largest absolute Gasteiger partial charge is 0.310 e. The van der Waals surface area contributed by atoms with Crippen molar-refractivity contribution in [1.29, 1.82) is 0 Å². The fourth-order valence-corrected chi connectivity index (χ4v) is 2.63. The lowest BCUT2D eigenvalue weighted by molar-refractivity contribution is 0.474. The van der Waals surface area contributed by atoms with Crippen LogP contribution in [0.4, 0.5) is 0 Å². The van der Waals surface area contributed by atoms with Gasteiger partial charge < -0.3 is 5.32 Å². The first-order valence-electron chi connectivity index (χ1n) is 6.28. The van der Waals surface area contributed by atoms with E-state index in [1.165, 1.54) is 34.8 Å². The van der Waals surface area contributed by atoms with Gasteiger partial charge in [0.05, 0.1) is 0 Å². The molecule has 1 aliphatic carbocycles. The van der Waals surface area contributed by atoms with Crippen LogP contribution in [-0.4, -0.2) is 6.54 Å². The van der Waals surface area contributed by atoms with Gasteiger partial charge in [0.2, 0.25) is 0 Å². The Hall–Kier alpha value is -0.0900. The quantitative estimate of drug-likeness (QED) is 0.774. The van der Waals surface area contributed by atoms with Crippen LogP contribution in [-0.2, 0) is 0 Å². The molecule has 0 saturated heterocycles. The summed E-state index contributed by atoms with van der Waals surface area (Å²) in [6, 6.07) is 9.48. The van der Waals surface area contributed by atoms with Crippen LogP contribution in [0.3, 0.4) is 0 Å². The SMILES string of the molecule is CCCNC(CC1CC1)c1cccc(I)c1. The maximum atomic E-state index is 3.68. The Morgan fingerprint density at radius 2 is 2.25 bits per heavy atom. The molecular formula is C14H20IN. The zero-order valence-electron chi connectivity index (χ0n) is 9.88. The average molecular weight is 329 g/mol. The van der Waals surface area contributed by atoms with Crippen molar-refractivity contribution in [3.05, 3.63) is 33.4 Å². The summed E-state index contributed by atoms with van der Waals surface area (Å²) >= 11 is 2.40. The first-order valence-corrected chi connectivity index (χ1v) is 7.36. The first kappa shape index (κ1) is 12.4. The summed E-state index contributed by atoms with van der Waals surface area (Å²) in [6.07, 6.45) is 5.41. The van der Waals surface area contributed by atoms with Gasteiger partial charge in [0.15, 0.2) is 0 Å². The predicted octanol–water partition coefficient (Wildman–Crippen LogP) is 4.13. The Morgan fingerprint density at radius 1 is 1.44 bits per heavy atom. The minimum Gasteiger partial charge on any atom is -0.310 e. The molecule has 0 aromatic heterocycles. The number of nitrogens with one attached hydrogen (secondary N) is 1. The van der Waals surface area contributed by atoms with Gasteiger partial charge in [-0.2, -0.15) is 0 Å². The molecule has 0 amide bonds. The van der Waals surface area contributed by atoms with E-state index in [9.17, 15) is 0 Å². The van der Waals surface area contributed by atoms with Crippen LogP contribution < -0.4 is 5.32 Å². The molecule has 1 atom stereocenters. The number of hydrogen-bond donors (Lipinski definition) is 1. The molecule has 1 fully saturated rings. The van der Waals surface area contributed by atoms with Crippen molar-refractivity contribution in [2.24, 2.45) is 5.92 Å². The molecule has 1 aliphatic rings. The zero-order chi connectivity index (χ0) is 11.4. The Kier molecular flexibility index (Phi) is 4.65. The van der Waals surface area contributed by atoms with E-state index in [1.54, 1.807) is 0 Å². The normalized spacial score (nSPS) is 17.4. The lowest BCUT2D eigenvalue weighted by Crippen LogP contribution is -2.22. The van der Waals surface area contributed by atoms with Gasteiger partial charge in [0.25, 0.3) is 0 Å². The van der Waals surface area contributed by atoms with Crippen molar-refractivity contribution in [3.63, 3.8) is 0 Å². The molecule has 0 bridgehead atoms. The van der Waals surface area contributed by atoms with Gasteiger partial charge in [-0.1, -0.05) is 31.9 Å². The van der Waals surface area contributed by atoms with Crippen LogP contribution in [0.15, 0.2) is 24.3 Å². The minimum atomic E-state index is 0.571. The van der Waals surface area contributed by atoms with Crippen LogP contribution in [0.5, 0.6) is 0 Å². The van der Waals surface area contributed by atoms with E-state index in [0.717, 1.165) is 12.5 Å². The molecule has 0 heterocycles. The van der Waals surface area contributed by atoms with Crippen LogP contribution in [0.2, 0.25) is 0 Å². The van der Waals surface area contributed by atoms with E-state index in [-0.39, 0.29) is 0 Å². The summed E-state index contributed by atoms with van der Waals surface area (Å²) in [5, 5.41) is 3.68. The van der Waals surface area contributed by atoms with E-state index in [0.29, 0.717) is 6.04 Å². The molecule has 16 heavy (non-hydrogen) atoms. The van der Waals surface area contributed by atoms with E-state index >= 15 is 0 Å². The molecule has 1 nitrogen and oxygen atoms in total. The van der Waals surface area contributed by atoms with Crippen molar-refractivity contribution >= 4 is 22.6 Å². The van der Waals surface area contributed by atoms with Crippen molar-refractivity contribution in [2.45, 2.75) is 38.6 Å². The summed E-state index contributed by atoms with van der Waals surface area (Å²) in [6.45, 7) is 3.36. The molecule has 1 aromatic rings. The maximum absolute atomic E-state index is 3.68. The van der Waals surface area contributed by atoms with Gasteiger partial charge in [-0.05, 0) is 65.6 Å². The van der Waals surface area contributed by atoms with Crippen LogP contribution >= 0.6 is 22.6 Å². The highest BCUT2D eigenvalue weighted by molar-refractivity contribution is 14.1. The monoisotopic (exact) mass is 329 g/mol. The van der Waals surface area contributed by atoms with E-state index in [1.807, 2.05) is 0 Å². The molecule has 88 valence electrons. The molecule has 1 unspecified atom stereocenters. The highest BCUT2D eigenvalue weighted by Gasteiger charge is 2.25. The molecular weight excluding hydrogens is 309 g/mol. The molecule has 2 rings (SSSR count). The Balaban J connectivity index is 2.03. The van der Waals surface area contributed by atoms with Gasteiger partial charge >= 0.3 is 0 Å². The maximum Gasteiger partial charge on any atom is 0.0323 e. The first-order chi connectivity index (χ1) is 7.79. The lowest BCUT2D eigenvalue weighted by Gasteiger charge is -2.19. The fraction of sp³-hybridized carbons (Fsp3) is 0.571. The second kappa shape index (κ2) is 6.01. The molecule has 1 N–H and O–H groups in total. The van der Waals surface area contributed by atoms with Crippen molar-refractivity contribution < 1.29 is 0 Å². The van der Waals surface area contributed by atoms with Crippen molar-refractivity contribution in [2.75, 3.05) is 6.54 Å². The number of halogens is 1. The highest BCUT2D eigenvalue weighted by Crippen LogP contribution is 2.37. The fourth-order valence-electron chi connectivity index (χ4n) is 2.07. The summed E-state index contributed by atoms with van der Waals surface area (Å²) < 4.78 is 1.34. The second-order valence-electron chi connectivity index (χ2n) is 4.74. The van der Waals surface area contributed by atoms with Gasteiger partial charge in [0.1, 0.15) is 0 Å². The van der Waals surface area contributed by atoms with Crippen molar-refractivity contribution in [3.8, 4) is 0 Å². The number of rotatable bonds is 6. The van der Waals surface area contributed by atoms with E-state index in [4.69, 9.17) is 0 Å². The summed E-state index contributed by atoms with van der Waals surface area (Å²) in [7, 11) is 0. The zero-order valence-corrected chi connectivity index (χ0v) is 12.0. The summed E-state index contributed by atoms with van der Waals surface area (Å²) in [5.41, 5.74) is 1.47. The molecule has 0 radical (unpaired) electrons. The van der Waals surface area contributed by atoms with Gasteiger partial charge in [-0.15, -0.1) is 0 Å². The van der Waals surface area contributed by atoms with Gasteiger partial charge in [-0.3, -0.25) is 0 Å². The predicted molar refractivity (Wildman–Crippen MR) is 77.5 cm³/mol. The summed E-state index contributed by atoms with van der Waals surface area (Å²) in [4.78, 5) is 0. The van der Waals surface area contributed by atoms with E-state index in [2.05, 4.69) is 59.1 Å². The van der Waals surface area contributed by atoms with Gasteiger partial charge in [-0.25, -0.2) is 0 Å². The Morgan fingerprint density at radius 3 is 2.88 bits per heavy atom. The molecule has 1 saturated carbocycles. The van der Waals surface area contributed by atoms with Gasteiger partial charge in [0, 0.05) is 9.61 Å². The smallest absolute Gasteiger partial charge is 0.0323 e. The van der Waals surface area contributed by atoms with Crippen LogP contribution in [0.25, 0.3) is 0 Å². The third kappa shape index (κ3) is 3.74. The Labute approximate surface area is 112 Å². The molecule has 0 spiro atoms. The minimum absolute atomic E-state index is 0.571.